The molecule has 2 nitrogen and oxygen atoms in total. The first-order valence-electron chi connectivity index (χ1n) is 5.58. The lowest BCUT2D eigenvalue weighted by atomic mass is 9.93. The molecule has 0 saturated heterocycles. The van der Waals surface area contributed by atoms with Gasteiger partial charge < -0.3 is 5.32 Å². The third kappa shape index (κ3) is 2.25. The minimum Gasteiger partial charge on any atom is -0.349 e. The minimum absolute atomic E-state index is 0.00935. The Balaban J connectivity index is 2.15. The Morgan fingerprint density at radius 2 is 2.19 bits per heavy atom. The van der Waals surface area contributed by atoms with Gasteiger partial charge in [-0.2, -0.15) is 0 Å². The third-order valence-electron chi connectivity index (χ3n) is 2.95. The summed E-state index contributed by atoms with van der Waals surface area (Å²) in [5.41, 5.74) is 2.45. The quantitative estimate of drug-likeness (QED) is 0.750. The molecule has 0 atom stereocenters. The first-order valence-corrected chi connectivity index (χ1v) is 5.58. The van der Waals surface area contributed by atoms with Gasteiger partial charge in [0.2, 0.25) is 0 Å². The van der Waals surface area contributed by atoms with Crippen molar-refractivity contribution in [2.75, 3.05) is 0 Å². The fourth-order valence-electron chi connectivity index (χ4n) is 1.82. The molecule has 1 fully saturated rings. The molecule has 0 unspecified atom stereocenters. The highest BCUT2D eigenvalue weighted by Crippen LogP contribution is 2.19. The summed E-state index contributed by atoms with van der Waals surface area (Å²) in [5, 5.41) is 3.00. The van der Waals surface area contributed by atoms with Crippen LogP contribution in [0.5, 0.6) is 0 Å². The Kier molecular flexibility index (Phi) is 2.96. The van der Waals surface area contributed by atoms with Crippen molar-refractivity contribution >= 4 is 5.91 Å². The van der Waals surface area contributed by atoms with Crippen LogP contribution in [-0.4, -0.2) is 11.9 Å². The van der Waals surface area contributed by atoms with Gasteiger partial charge in [-0.15, -0.1) is 6.42 Å². The van der Waals surface area contributed by atoms with E-state index in [0.717, 1.165) is 24.0 Å². The maximum absolute atomic E-state index is 11.9. The van der Waals surface area contributed by atoms with Crippen molar-refractivity contribution in [3.8, 4) is 12.3 Å². The molecule has 2 heteroatoms. The van der Waals surface area contributed by atoms with Crippen LogP contribution in [0.1, 0.15) is 40.7 Å². The van der Waals surface area contributed by atoms with Gasteiger partial charge >= 0.3 is 0 Å². The lowest BCUT2D eigenvalue weighted by molar-refractivity contribution is 0.0917. The molecule has 82 valence electrons. The van der Waals surface area contributed by atoms with E-state index in [1.807, 2.05) is 19.1 Å². The molecular formula is C14H15NO. The molecule has 1 aromatic rings. The fourth-order valence-corrected chi connectivity index (χ4v) is 1.82. The zero-order chi connectivity index (χ0) is 11.5. The Bertz CT molecular complexity index is 452. The highest BCUT2D eigenvalue weighted by molar-refractivity contribution is 5.95. The van der Waals surface area contributed by atoms with Gasteiger partial charge in [0.25, 0.3) is 5.91 Å². The topological polar surface area (TPSA) is 29.1 Å². The molecule has 0 aromatic heterocycles. The largest absolute Gasteiger partial charge is 0.349 e. The van der Waals surface area contributed by atoms with Crippen molar-refractivity contribution in [3.63, 3.8) is 0 Å². The van der Waals surface area contributed by atoms with E-state index in [0.29, 0.717) is 11.6 Å². The summed E-state index contributed by atoms with van der Waals surface area (Å²) in [6.07, 6.45) is 8.75. The number of benzene rings is 1. The van der Waals surface area contributed by atoms with E-state index in [-0.39, 0.29) is 5.91 Å². The van der Waals surface area contributed by atoms with E-state index in [1.54, 1.807) is 6.07 Å². The van der Waals surface area contributed by atoms with Crippen molar-refractivity contribution in [3.05, 3.63) is 34.9 Å². The smallest absolute Gasteiger partial charge is 0.251 e. The SMILES string of the molecule is C#Cc1cc(C)cc(C(=O)NC2CCC2)c1. The molecule has 1 N–H and O–H groups in total. The maximum atomic E-state index is 11.9. The average Bonchev–Trinajstić information content (AvgIpc) is 2.22. The number of aryl methyl sites for hydroxylation is 1. The van der Waals surface area contributed by atoms with Crippen LogP contribution in [0.15, 0.2) is 18.2 Å². The molecule has 1 aromatic carbocycles. The van der Waals surface area contributed by atoms with Crippen molar-refractivity contribution in [2.24, 2.45) is 0 Å². The maximum Gasteiger partial charge on any atom is 0.251 e. The Morgan fingerprint density at radius 1 is 1.44 bits per heavy atom. The van der Waals surface area contributed by atoms with Gasteiger partial charge in [-0.25, -0.2) is 0 Å². The van der Waals surface area contributed by atoms with Gasteiger partial charge in [0.05, 0.1) is 0 Å². The Labute approximate surface area is 96.1 Å². The van der Waals surface area contributed by atoms with Crippen LogP contribution in [-0.2, 0) is 0 Å². The van der Waals surface area contributed by atoms with Gasteiger partial charge in [0, 0.05) is 17.2 Å². The molecule has 0 heterocycles. The minimum atomic E-state index is -0.00935. The summed E-state index contributed by atoms with van der Waals surface area (Å²) in [7, 11) is 0. The zero-order valence-corrected chi connectivity index (χ0v) is 9.42. The monoisotopic (exact) mass is 213 g/mol. The van der Waals surface area contributed by atoms with Crippen molar-refractivity contribution < 1.29 is 4.79 Å². The standard InChI is InChI=1S/C14H15NO/c1-3-11-7-10(2)8-12(9-11)14(16)15-13-5-4-6-13/h1,7-9,13H,4-6H2,2H3,(H,15,16). The number of carbonyl (C=O) groups is 1. The van der Waals surface area contributed by atoms with Crippen molar-refractivity contribution in [2.45, 2.75) is 32.2 Å². The molecular weight excluding hydrogens is 198 g/mol. The fraction of sp³-hybridized carbons (Fsp3) is 0.357. The second kappa shape index (κ2) is 4.40. The van der Waals surface area contributed by atoms with E-state index >= 15 is 0 Å². The van der Waals surface area contributed by atoms with Crippen LogP contribution < -0.4 is 5.32 Å². The summed E-state index contributed by atoms with van der Waals surface area (Å²) in [5.74, 6) is 2.55. The number of terminal acetylenes is 1. The van der Waals surface area contributed by atoms with E-state index < -0.39 is 0 Å². The molecule has 2 rings (SSSR count). The summed E-state index contributed by atoms with van der Waals surface area (Å²) in [4.78, 5) is 11.9. The van der Waals surface area contributed by atoms with E-state index in [4.69, 9.17) is 6.42 Å². The first kappa shape index (κ1) is 10.8. The lowest BCUT2D eigenvalue weighted by Crippen LogP contribution is -2.39. The third-order valence-corrected chi connectivity index (χ3v) is 2.95. The van der Waals surface area contributed by atoms with Crippen LogP contribution in [0.2, 0.25) is 0 Å². The number of rotatable bonds is 2. The van der Waals surface area contributed by atoms with Crippen LogP contribution >= 0.6 is 0 Å². The normalized spacial score (nSPS) is 15.0. The first-order chi connectivity index (χ1) is 7.69. The van der Waals surface area contributed by atoms with Gasteiger partial charge in [-0.05, 0) is 49.9 Å². The Hall–Kier alpha value is -1.75. The van der Waals surface area contributed by atoms with Crippen LogP contribution in [0.3, 0.4) is 0 Å². The molecule has 1 aliphatic rings. The average molecular weight is 213 g/mol. The number of hydrogen-bond acceptors (Lipinski definition) is 1. The molecule has 1 amide bonds. The Morgan fingerprint density at radius 3 is 2.75 bits per heavy atom. The molecule has 1 saturated carbocycles. The number of carbonyl (C=O) groups excluding carboxylic acids is 1. The molecule has 0 radical (unpaired) electrons. The van der Waals surface area contributed by atoms with Crippen molar-refractivity contribution in [1.82, 2.24) is 5.32 Å². The second-order valence-electron chi connectivity index (χ2n) is 4.33. The molecule has 16 heavy (non-hydrogen) atoms. The lowest BCUT2D eigenvalue weighted by Gasteiger charge is -2.26. The number of nitrogens with one attached hydrogen (secondary N) is 1. The summed E-state index contributed by atoms with van der Waals surface area (Å²) < 4.78 is 0. The summed E-state index contributed by atoms with van der Waals surface area (Å²) in [6, 6.07) is 5.90. The van der Waals surface area contributed by atoms with Gasteiger partial charge in [0.15, 0.2) is 0 Å². The number of amides is 1. The van der Waals surface area contributed by atoms with Crippen LogP contribution in [0.25, 0.3) is 0 Å². The molecule has 0 spiro atoms. The summed E-state index contributed by atoms with van der Waals surface area (Å²) in [6.45, 7) is 1.95. The highest BCUT2D eigenvalue weighted by Gasteiger charge is 2.20. The van der Waals surface area contributed by atoms with E-state index in [9.17, 15) is 4.79 Å². The second-order valence-corrected chi connectivity index (χ2v) is 4.33. The molecule has 1 aliphatic carbocycles. The van der Waals surface area contributed by atoms with Gasteiger partial charge in [-0.3, -0.25) is 4.79 Å². The summed E-state index contributed by atoms with van der Waals surface area (Å²) >= 11 is 0. The van der Waals surface area contributed by atoms with Crippen molar-refractivity contribution in [1.29, 1.82) is 0 Å². The highest BCUT2D eigenvalue weighted by atomic mass is 16.1. The zero-order valence-electron chi connectivity index (χ0n) is 9.42. The van der Waals surface area contributed by atoms with Crippen LogP contribution in [0.4, 0.5) is 0 Å². The molecule has 0 bridgehead atoms. The predicted octanol–water partition coefficient (Wildman–Crippen LogP) is 2.26. The number of hydrogen-bond donors (Lipinski definition) is 1. The van der Waals surface area contributed by atoms with Crippen LogP contribution in [0, 0.1) is 19.3 Å². The van der Waals surface area contributed by atoms with E-state index in [1.165, 1.54) is 6.42 Å². The predicted molar refractivity (Wildman–Crippen MR) is 64.2 cm³/mol. The molecule has 0 aliphatic heterocycles. The van der Waals surface area contributed by atoms with Gasteiger partial charge in [-0.1, -0.05) is 5.92 Å². The van der Waals surface area contributed by atoms with E-state index in [2.05, 4.69) is 11.2 Å². The van der Waals surface area contributed by atoms with Gasteiger partial charge in [0.1, 0.15) is 0 Å².